The predicted octanol–water partition coefficient (Wildman–Crippen LogP) is 4.61. The van der Waals surface area contributed by atoms with Crippen LogP contribution in [0, 0.1) is 5.92 Å². The molecule has 0 aromatic heterocycles. The van der Waals surface area contributed by atoms with Gasteiger partial charge in [-0.05, 0) is 24.6 Å². The van der Waals surface area contributed by atoms with Gasteiger partial charge in [-0.25, -0.2) is 9.86 Å². The number of carbonyl (C=O) groups is 2. The molecule has 5 nitrogen and oxygen atoms in total. The summed E-state index contributed by atoms with van der Waals surface area (Å²) in [6.07, 6.45) is -0.617. The molecule has 3 aromatic carbocycles. The number of ether oxygens (including phenoxy) is 1. The Balaban J connectivity index is 1.82. The van der Waals surface area contributed by atoms with E-state index in [4.69, 9.17) is 9.57 Å². The van der Waals surface area contributed by atoms with Gasteiger partial charge in [-0.1, -0.05) is 78.9 Å². The van der Waals surface area contributed by atoms with Crippen LogP contribution in [0.1, 0.15) is 28.9 Å². The topological polar surface area (TPSA) is 55.8 Å². The molecule has 1 aliphatic rings. The first-order valence-electron chi connectivity index (χ1n) is 10.0. The number of ketones is 1. The molecule has 30 heavy (non-hydrogen) atoms. The molecular formula is C25H23NO4. The average molecular weight is 401 g/mol. The van der Waals surface area contributed by atoms with Gasteiger partial charge in [0.15, 0.2) is 11.8 Å². The lowest BCUT2D eigenvalue weighted by Gasteiger charge is -2.24. The van der Waals surface area contributed by atoms with Crippen molar-refractivity contribution < 1.29 is 19.2 Å². The van der Waals surface area contributed by atoms with Crippen molar-refractivity contribution >= 4 is 17.4 Å². The number of carbonyl (C=O) groups excluding carboxylic acids is 2. The van der Waals surface area contributed by atoms with Crippen LogP contribution in [-0.2, 0) is 14.4 Å². The lowest BCUT2D eigenvalue weighted by atomic mass is 9.84. The Hall–Kier alpha value is -3.44. The van der Waals surface area contributed by atoms with Gasteiger partial charge in [0.25, 0.3) is 0 Å². The Bertz CT molecular complexity index is 991. The molecule has 0 spiro atoms. The molecule has 0 bridgehead atoms. The van der Waals surface area contributed by atoms with E-state index in [1.165, 1.54) is 5.06 Å². The largest absolute Gasteiger partial charge is 0.464 e. The first kappa shape index (κ1) is 19.9. The second-order valence-electron chi connectivity index (χ2n) is 7.05. The zero-order valence-electron chi connectivity index (χ0n) is 16.7. The van der Waals surface area contributed by atoms with E-state index in [1.807, 2.05) is 78.9 Å². The summed E-state index contributed by atoms with van der Waals surface area (Å²) in [5.41, 5.74) is 2.07. The van der Waals surface area contributed by atoms with Crippen LogP contribution >= 0.6 is 0 Å². The first-order valence-corrected chi connectivity index (χ1v) is 10.0. The number of hydroxylamine groups is 1. The van der Waals surface area contributed by atoms with E-state index in [0.29, 0.717) is 11.3 Å². The van der Waals surface area contributed by atoms with E-state index in [1.54, 1.807) is 19.1 Å². The van der Waals surface area contributed by atoms with Crippen LogP contribution in [0.2, 0.25) is 0 Å². The van der Waals surface area contributed by atoms with Crippen LogP contribution in [0.4, 0.5) is 5.69 Å². The highest BCUT2D eigenvalue weighted by atomic mass is 16.7. The molecule has 0 amide bonds. The molecule has 3 aromatic rings. The second kappa shape index (κ2) is 8.93. The van der Waals surface area contributed by atoms with Gasteiger partial charge in [0, 0.05) is 5.56 Å². The van der Waals surface area contributed by atoms with Crippen molar-refractivity contribution in [1.29, 1.82) is 0 Å². The molecule has 0 saturated carbocycles. The molecule has 1 fully saturated rings. The smallest absolute Gasteiger partial charge is 0.332 e. The van der Waals surface area contributed by atoms with E-state index in [0.717, 1.165) is 5.56 Å². The lowest BCUT2D eigenvalue weighted by molar-refractivity contribution is -0.145. The molecule has 0 radical (unpaired) electrons. The van der Waals surface area contributed by atoms with Gasteiger partial charge in [-0.3, -0.25) is 9.63 Å². The third-order valence-corrected chi connectivity index (χ3v) is 5.17. The summed E-state index contributed by atoms with van der Waals surface area (Å²) >= 11 is 0. The highest BCUT2D eigenvalue weighted by Gasteiger charge is 2.52. The Morgan fingerprint density at radius 2 is 1.43 bits per heavy atom. The summed E-state index contributed by atoms with van der Waals surface area (Å²) in [7, 11) is 0. The summed E-state index contributed by atoms with van der Waals surface area (Å²) in [5.74, 6) is -1.39. The monoisotopic (exact) mass is 401 g/mol. The van der Waals surface area contributed by atoms with Crippen LogP contribution in [0.15, 0.2) is 91.0 Å². The number of rotatable bonds is 6. The molecule has 0 unspecified atom stereocenters. The van der Waals surface area contributed by atoms with Gasteiger partial charge in [0.2, 0.25) is 0 Å². The molecule has 1 aliphatic heterocycles. The van der Waals surface area contributed by atoms with Crippen molar-refractivity contribution in [3.8, 4) is 0 Å². The van der Waals surface area contributed by atoms with Crippen LogP contribution in [0.5, 0.6) is 0 Å². The molecular weight excluding hydrogens is 378 g/mol. The summed E-state index contributed by atoms with van der Waals surface area (Å²) in [4.78, 5) is 32.9. The highest BCUT2D eigenvalue weighted by Crippen LogP contribution is 2.43. The third kappa shape index (κ3) is 3.84. The van der Waals surface area contributed by atoms with E-state index in [-0.39, 0.29) is 12.4 Å². The molecule has 5 heteroatoms. The van der Waals surface area contributed by atoms with Crippen molar-refractivity contribution in [2.24, 2.45) is 5.92 Å². The fraction of sp³-hybridized carbons (Fsp3) is 0.200. The summed E-state index contributed by atoms with van der Waals surface area (Å²) in [6, 6.07) is 27.0. The quantitative estimate of drug-likeness (QED) is 0.446. The summed E-state index contributed by atoms with van der Waals surface area (Å²) in [6.45, 7) is 1.98. The fourth-order valence-corrected chi connectivity index (χ4v) is 3.82. The molecule has 4 rings (SSSR count). The van der Waals surface area contributed by atoms with Crippen molar-refractivity contribution in [2.75, 3.05) is 11.7 Å². The number of Topliss-reactive ketones (excluding diaryl/α,β-unsaturated/α-hetero) is 1. The van der Waals surface area contributed by atoms with Crippen LogP contribution in [0.25, 0.3) is 0 Å². The molecule has 0 aliphatic carbocycles. The number of hydrogen-bond donors (Lipinski definition) is 0. The van der Waals surface area contributed by atoms with E-state index in [2.05, 4.69) is 0 Å². The maximum atomic E-state index is 13.6. The van der Waals surface area contributed by atoms with Gasteiger partial charge in [-0.2, -0.15) is 0 Å². The Labute approximate surface area is 175 Å². The van der Waals surface area contributed by atoms with Crippen molar-refractivity contribution in [3.63, 3.8) is 0 Å². The van der Waals surface area contributed by atoms with Crippen molar-refractivity contribution in [3.05, 3.63) is 102 Å². The summed E-state index contributed by atoms with van der Waals surface area (Å²) < 4.78 is 5.37. The Morgan fingerprint density at radius 1 is 0.867 bits per heavy atom. The van der Waals surface area contributed by atoms with E-state index in [9.17, 15) is 9.59 Å². The third-order valence-electron chi connectivity index (χ3n) is 5.17. The maximum absolute atomic E-state index is 13.6. The van der Waals surface area contributed by atoms with Crippen molar-refractivity contribution in [1.82, 2.24) is 0 Å². The van der Waals surface area contributed by atoms with Crippen LogP contribution in [0.3, 0.4) is 0 Å². The zero-order valence-corrected chi connectivity index (χ0v) is 16.7. The maximum Gasteiger partial charge on any atom is 0.332 e. The number of benzene rings is 3. The van der Waals surface area contributed by atoms with Crippen molar-refractivity contribution in [2.45, 2.75) is 19.1 Å². The molecule has 3 atom stereocenters. The van der Waals surface area contributed by atoms with E-state index >= 15 is 0 Å². The molecule has 1 saturated heterocycles. The standard InChI is InChI=1S/C25H23NO4/c1-2-29-25(28)22-21(23(27)18-12-6-3-7-13-18)24(19-14-8-4-9-15-19)30-26(22)20-16-10-5-11-17-20/h3-17,21-22,24H,2H2,1H3/t21-,22-,24-/m0/s1. The number of esters is 1. The van der Waals surface area contributed by atoms with Crippen LogP contribution in [-0.4, -0.2) is 24.4 Å². The van der Waals surface area contributed by atoms with Crippen LogP contribution < -0.4 is 5.06 Å². The van der Waals surface area contributed by atoms with Gasteiger partial charge in [0.1, 0.15) is 6.10 Å². The summed E-state index contributed by atoms with van der Waals surface area (Å²) in [5, 5.41) is 1.53. The fourth-order valence-electron chi connectivity index (χ4n) is 3.82. The number of anilines is 1. The first-order chi connectivity index (χ1) is 14.7. The molecule has 1 heterocycles. The number of para-hydroxylation sites is 1. The normalized spacial score (nSPS) is 20.7. The Kier molecular flexibility index (Phi) is 5.91. The minimum Gasteiger partial charge on any atom is -0.464 e. The Morgan fingerprint density at radius 3 is 2.03 bits per heavy atom. The van der Waals surface area contributed by atoms with E-state index < -0.39 is 24.0 Å². The number of hydrogen-bond acceptors (Lipinski definition) is 5. The van der Waals surface area contributed by atoms with Gasteiger partial charge < -0.3 is 4.74 Å². The molecule has 0 N–H and O–H groups in total. The predicted molar refractivity (Wildman–Crippen MR) is 114 cm³/mol. The zero-order chi connectivity index (χ0) is 20.9. The number of nitrogens with zero attached hydrogens (tertiary/aromatic N) is 1. The van der Waals surface area contributed by atoms with Gasteiger partial charge >= 0.3 is 5.97 Å². The molecule has 152 valence electrons. The lowest BCUT2D eigenvalue weighted by Crippen LogP contribution is -2.43. The minimum absolute atomic E-state index is 0.152. The SMILES string of the molecule is CCOC(=O)[C@@H]1[C@@H](C(=O)c2ccccc2)[C@H](c2ccccc2)ON1c1ccccc1. The second-order valence-corrected chi connectivity index (χ2v) is 7.05. The van der Waals surface area contributed by atoms with Gasteiger partial charge in [0.05, 0.1) is 18.2 Å². The minimum atomic E-state index is -0.898. The highest BCUT2D eigenvalue weighted by molar-refractivity contribution is 6.02. The van der Waals surface area contributed by atoms with Gasteiger partial charge in [-0.15, -0.1) is 0 Å². The average Bonchev–Trinajstić information content (AvgIpc) is 3.21.